The second-order valence-electron chi connectivity index (χ2n) is 8.22. The Morgan fingerprint density at radius 1 is 1.12 bits per heavy atom. The van der Waals surface area contributed by atoms with Gasteiger partial charge in [-0.05, 0) is 11.1 Å². The number of pyridine rings is 1. The van der Waals surface area contributed by atoms with Crippen LogP contribution in [0.2, 0.25) is 5.02 Å². The molecule has 3 atom stereocenters. The first kappa shape index (κ1) is 21.9. The fourth-order valence-corrected chi connectivity index (χ4v) is 4.39. The van der Waals surface area contributed by atoms with Gasteiger partial charge in [-0.25, -0.2) is 4.98 Å². The summed E-state index contributed by atoms with van der Waals surface area (Å²) >= 11 is 6.59. The Bertz CT molecular complexity index is 1260. The van der Waals surface area contributed by atoms with Crippen LogP contribution in [0.15, 0.2) is 60.7 Å². The molecular formula is C25H25ClN3O4+. The van der Waals surface area contributed by atoms with Gasteiger partial charge in [0.1, 0.15) is 12.2 Å². The minimum atomic E-state index is -0.776. The number of fused-ring (bicyclic) bond motifs is 1. The highest BCUT2D eigenvalue weighted by atomic mass is 35.5. The van der Waals surface area contributed by atoms with Crippen LogP contribution < -0.4 is 9.30 Å². The Balaban J connectivity index is 1.41. The summed E-state index contributed by atoms with van der Waals surface area (Å²) in [5.74, 6) is 0. The van der Waals surface area contributed by atoms with Crippen LogP contribution in [0.25, 0.3) is 33.5 Å². The topological polar surface area (TPSA) is 91.5 Å². The lowest BCUT2D eigenvalue weighted by molar-refractivity contribution is -0.654. The second kappa shape index (κ2) is 9.11. The standard InChI is InChI=1S/C25H24ClN3O4/c1-29-24-20(27-25(29)33-18-11-21(31)22(13-30)32-14-18)12-19(26)23(28-24)17-9-7-16(8-10-17)15-5-3-2-4-6-15/h2-10,12,18,21-22,30-31H,11,13-14H2,1H3/p+1. The lowest BCUT2D eigenvalue weighted by Crippen LogP contribution is -2.46. The van der Waals surface area contributed by atoms with Crippen molar-refractivity contribution in [3.63, 3.8) is 0 Å². The van der Waals surface area contributed by atoms with Gasteiger partial charge >= 0.3 is 11.7 Å². The molecule has 0 radical (unpaired) electrons. The van der Waals surface area contributed by atoms with Crippen LogP contribution in [0, 0.1) is 0 Å². The molecule has 0 bridgehead atoms. The highest BCUT2D eigenvalue weighted by molar-refractivity contribution is 6.33. The van der Waals surface area contributed by atoms with E-state index in [0.717, 1.165) is 22.2 Å². The van der Waals surface area contributed by atoms with E-state index >= 15 is 0 Å². The SMILES string of the molecule is C[n+]1c(OC2COC(CO)C(O)C2)[nH]c2cc(Cl)c(-c3ccc(-c4ccccc4)cc3)nc21. The van der Waals surface area contributed by atoms with Crippen molar-refractivity contribution in [3.05, 3.63) is 65.7 Å². The van der Waals surface area contributed by atoms with Crippen molar-refractivity contribution in [2.45, 2.75) is 24.7 Å². The molecule has 1 aliphatic heterocycles. The maximum Gasteiger partial charge on any atom is 0.397 e. The van der Waals surface area contributed by atoms with Crippen LogP contribution in [-0.2, 0) is 11.8 Å². The van der Waals surface area contributed by atoms with Crippen molar-refractivity contribution < 1.29 is 24.3 Å². The van der Waals surface area contributed by atoms with Crippen LogP contribution in [0.1, 0.15) is 6.42 Å². The number of aromatic nitrogens is 3. The normalized spacial score (nSPS) is 20.8. The number of H-pyrrole nitrogens is 1. The van der Waals surface area contributed by atoms with Gasteiger partial charge in [-0.2, -0.15) is 4.57 Å². The predicted molar refractivity (Wildman–Crippen MR) is 125 cm³/mol. The van der Waals surface area contributed by atoms with Crippen LogP contribution in [0.4, 0.5) is 0 Å². The van der Waals surface area contributed by atoms with Gasteiger partial charge < -0.3 is 19.7 Å². The third-order valence-corrected chi connectivity index (χ3v) is 6.26. The molecule has 2 aromatic heterocycles. The summed E-state index contributed by atoms with van der Waals surface area (Å²) in [5.41, 5.74) is 5.32. The molecule has 1 saturated heterocycles. The van der Waals surface area contributed by atoms with Crippen molar-refractivity contribution in [3.8, 4) is 28.4 Å². The van der Waals surface area contributed by atoms with Gasteiger partial charge in [-0.3, -0.25) is 0 Å². The molecular weight excluding hydrogens is 442 g/mol. The number of rotatable bonds is 5. The molecule has 7 nitrogen and oxygen atoms in total. The average molecular weight is 467 g/mol. The van der Waals surface area contributed by atoms with E-state index in [1.165, 1.54) is 0 Å². The Kier molecular flexibility index (Phi) is 6.03. The summed E-state index contributed by atoms with van der Waals surface area (Å²) in [6.45, 7) is 0.0659. The maximum atomic E-state index is 10.1. The third-order valence-electron chi connectivity index (χ3n) is 5.97. The summed E-state index contributed by atoms with van der Waals surface area (Å²) < 4.78 is 13.4. The van der Waals surface area contributed by atoms with E-state index in [2.05, 4.69) is 29.2 Å². The van der Waals surface area contributed by atoms with E-state index in [9.17, 15) is 10.2 Å². The molecule has 2 aromatic carbocycles. The molecule has 33 heavy (non-hydrogen) atoms. The quantitative estimate of drug-likeness (QED) is 0.393. The summed E-state index contributed by atoms with van der Waals surface area (Å²) in [5, 5.41) is 19.9. The van der Waals surface area contributed by atoms with Crippen molar-refractivity contribution in [1.29, 1.82) is 0 Å². The van der Waals surface area contributed by atoms with Crippen molar-refractivity contribution in [2.24, 2.45) is 7.05 Å². The van der Waals surface area contributed by atoms with Gasteiger partial charge in [0.05, 0.1) is 31.4 Å². The number of nitrogens with zero attached hydrogens (tertiary/aromatic N) is 2. The fourth-order valence-electron chi connectivity index (χ4n) is 4.13. The van der Waals surface area contributed by atoms with Crippen LogP contribution in [0.3, 0.4) is 0 Å². The summed E-state index contributed by atoms with van der Waals surface area (Å²) in [6.07, 6.45) is -1.32. The second-order valence-corrected chi connectivity index (χ2v) is 8.63. The van der Waals surface area contributed by atoms with E-state index in [0.29, 0.717) is 28.8 Å². The predicted octanol–water partition coefficient (Wildman–Crippen LogP) is 3.26. The van der Waals surface area contributed by atoms with Crippen molar-refractivity contribution in [1.82, 2.24) is 9.97 Å². The van der Waals surface area contributed by atoms with Gasteiger partial charge in [0.15, 0.2) is 11.2 Å². The zero-order valence-corrected chi connectivity index (χ0v) is 18.9. The number of ether oxygens (including phenoxy) is 2. The third kappa shape index (κ3) is 4.32. The van der Waals surface area contributed by atoms with Crippen molar-refractivity contribution in [2.75, 3.05) is 13.2 Å². The van der Waals surface area contributed by atoms with Gasteiger partial charge in [0, 0.05) is 18.1 Å². The zero-order chi connectivity index (χ0) is 22.9. The lowest BCUT2D eigenvalue weighted by Gasteiger charge is -2.31. The Morgan fingerprint density at radius 3 is 2.52 bits per heavy atom. The van der Waals surface area contributed by atoms with Crippen molar-refractivity contribution >= 4 is 22.8 Å². The van der Waals surface area contributed by atoms with E-state index in [1.807, 2.05) is 48.0 Å². The molecule has 3 unspecified atom stereocenters. The summed E-state index contributed by atoms with van der Waals surface area (Å²) in [6, 6.07) is 20.7. The lowest BCUT2D eigenvalue weighted by atomic mass is 10.0. The number of hydrogen-bond donors (Lipinski definition) is 3. The Labute approximate surface area is 196 Å². The number of aromatic amines is 1. The van der Waals surface area contributed by atoms with Gasteiger partial charge in [-0.1, -0.05) is 71.2 Å². The molecule has 0 aliphatic carbocycles. The monoisotopic (exact) mass is 466 g/mol. The Morgan fingerprint density at radius 2 is 1.82 bits per heavy atom. The molecule has 0 saturated carbocycles. The molecule has 4 aromatic rings. The number of aliphatic hydroxyl groups is 2. The van der Waals surface area contributed by atoms with Gasteiger partial charge in [0.2, 0.25) is 0 Å². The smallest absolute Gasteiger partial charge is 0.397 e. The first-order chi connectivity index (χ1) is 16.0. The molecule has 0 spiro atoms. The molecule has 1 fully saturated rings. The number of benzene rings is 2. The molecule has 8 heteroatoms. The Hall–Kier alpha value is -2.97. The maximum absolute atomic E-state index is 10.1. The van der Waals surface area contributed by atoms with Gasteiger partial charge in [-0.15, -0.1) is 0 Å². The van der Waals surface area contributed by atoms with E-state index in [1.54, 1.807) is 0 Å². The number of halogens is 1. The minimum Gasteiger partial charge on any atom is -0.437 e. The average Bonchev–Trinajstić information content (AvgIpc) is 3.13. The minimum absolute atomic E-state index is 0.217. The number of imidazole rings is 1. The van der Waals surface area contributed by atoms with Crippen LogP contribution in [0.5, 0.6) is 6.01 Å². The molecule has 0 amide bonds. The van der Waals surface area contributed by atoms with Crippen LogP contribution >= 0.6 is 11.6 Å². The van der Waals surface area contributed by atoms with E-state index in [4.69, 9.17) is 26.1 Å². The van der Waals surface area contributed by atoms with Crippen LogP contribution in [-0.4, -0.2) is 51.7 Å². The number of hydrogen-bond acceptors (Lipinski definition) is 5. The first-order valence-electron chi connectivity index (χ1n) is 10.8. The first-order valence-corrected chi connectivity index (χ1v) is 11.2. The fraction of sp³-hybridized carbons (Fsp3) is 0.280. The highest BCUT2D eigenvalue weighted by Crippen LogP contribution is 2.31. The molecule has 5 rings (SSSR count). The number of aliphatic hydroxyl groups excluding tert-OH is 2. The number of nitrogens with one attached hydrogen (secondary N) is 1. The molecule has 3 heterocycles. The summed E-state index contributed by atoms with van der Waals surface area (Å²) in [7, 11) is 1.86. The zero-order valence-electron chi connectivity index (χ0n) is 18.1. The molecule has 3 N–H and O–H groups in total. The molecule has 1 aliphatic rings. The largest absolute Gasteiger partial charge is 0.437 e. The van der Waals surface area contributed by atoms with E-state index < -0.39 is 12.2 Å². The molecule has 170 valence electrons. The summed E-state index contributed by atoms with van der Waals surface area (Å²) in [4.78, 5) is 8.02. The number of aryl methyl sites for hydroxylation is 1. The highest BCUT2D eigenvalue weighted by Gasteiger charge is 2.32. The van der Waals surface area contributed by atoms with E-state index in [-0.39, 0.29) is 19.3 Å². The van der Waals surface area contributed by atoms with Gasteiger partial charge in [0.25, 0.3) is 0 Å².